The lowest BCUT2D eigenvalue weighted by atomic mass is 9.84. The molecule has 1 aromatic carbocycles. The molecule has 0 spiro atoms. The Labute approximate surface area is 122 Å². The molecule has 1 fully saturated rings. The van der Waals surface area contributed by atoms with Crippen molar-refractivity contribution < 1.29 is 4.74 Å². The van der Waals surface area contributed by atoms with Gasteiger partial charge in [-0.2, -0.15) is 0 Å². The molecule has 1 atom stereocenters. The predicted octanol–water partition coefficient (Wildman–Crippen LogP) is 3.85. The van der Waals surface area contributed by atoms with E-state index in [0.29, 0.717) is 6.04 Å². The second-order valence-corrected chi connectivity index (χ2v) is 6.58. The molecule has 1 heterocycles. The number of rotatable bonds is 5. The van der Waals surface area contributed by atoms with Crippen molar-refractivity contribution in [1.29, 1.82) is 0 Å². The van der Waals surface area contributed by atoms with Gasteiger partial charge in [0.2, 0.25) is 0 Å². The highest BCUT2D eigenvalue weighted by atomic mass is 16.5. The Morgan fingerprint density at radius 2 is 2.05 bits per heavy atom. The van der Waals surface area contributed by atoms with E-state index in [2.05, 4.69) is 18.2 Å². The highest BCUT2D eigenvalue weighted by Crippen LogP contribution is 2.29. The number of hydrogen-bond donors (Lipinski definition) is 1. The van der Waals surface area contributed by atoms with Gasteiger partial charge in [-0.1, -0.05) is 44.2 Å². The van der Waals surface area contributed by atoms with Gasteiger partial charge in [-0.25, -0.2) is 0 Å². The van der Waals surface area contributed by atoms with Crippen LogP contribution in [0.5, 0.6) is 5.75 Å². The first-order chi connectivity index (χ1) is 9.81. The summed E-state index contributed by atoms with van der Waals surface area (Å²) in [6.45, 7) is 0.847. The Hall–Kier alpha value is -1.02. The second-order valence-electron chi connectivity index (χ2n) is 6.58. The lowest BCUT2D eigenvalue weighted by molar-refractivity contribution is 0.312. The molecule has 0 amide bonds. The summed E-state index contributed by atoms with van der Waals surface area (Å²) in [6.07, 6.45) is 11.6. The van der Waals surface area contributed by atoms with E-state index in [1.807, 2.05) is 0 Å². The van der Waals surface area contributed by atoms with Crippen LogP contribution >= 0.6 is 0 Å². The van der Waals surface area contributed by atoms with Crippen LogP contribution in [0.1, 0.15) is 56.1 Å². The number of benzene rings is 1. The molecule has 2 heteroatoms. The van der Waals surface area contributed by atoms with E-state index in [-0.39, 0.29) is 0 Å². The molecule has 0 saturated heterocycles. The minimum absolute atomic E-state index is 0.377. The summed E-state index contributed by atoms with van der Waals surface area (Å²) in [5.74, 6) is 1.98. The average Bonchev–Trinajstić information content (AvgIpc) is 2.93. The quantitative estimate of drug-likeness (QED) is 0.884. The summed E-state index contributed by atoms with van der Waals surface area (Å²) >= 11 is 0. The van der Waals surface area contributed by atoms with Gasteiger partial charge in [-0.15, -0.1) is 0 Å². The molecule has 1 saturated carbocycles. The van der Waals surface area contributed by atoms with Gasteiger partial charge < -0.3 is 10.5 Å². The molecular weight excluding hydrogens is 246 g/mol. The van der Waals surface area contributed by atoms with Crippen LogP contribution in [0.2, 0.25) is 0 Å². The van der Waals surface area contributed by atoms with Gasteiger partial charge in [-0.05, 0) is 42.4 Å². The van der Waals surface area contributed by atoms with Crippen LogP contribution in [0, 0.1) is 5.92 Å². The smallest absolute Gasteiger partial charge is 0.122 e. The van der Waals surface area contributed by atoms with E-state index in [0.717, 1.165) is 37.5 Å². The van der Waals surface area contributed by atoms with Gasteiger partial charge in [0.25, 0.3) is 0 Å². The van der Waals surface area contributed by atoms with Gasteiger partial charge in [0.1, 0.15) is 5.75 Å². The van der Waals surface area contributed by atoms with E-state index in [4.69, 9.17) is 10.5 Å². The fourth-order valence-electron chi connectivity index (χ4n) is 3.72. The van der Waals surface area contributed by atoms with Crippen molar-refractivity contribution >= 4 is 0 Å². The third kappa shape index (κ3) is 3.54. The molecule has 0 bridgehead atoms. The van der Waals surface area contributed by atoms with Gasteiger partial charge >= 0.3 is 0 Å². The topological polar surface area (TPSA) is 35.2 Å². The average molecular weight is 273 g/mol. The molecule has 0 radical (unpaired) electrons. The van der Waals surface area contributed by atoms with Crippen molar-refractivity contribution in [3.05, 3.63) is 29.3 Å². The van der Waals surface area contributed by atoms with Crippen LogP contribution in [0.4, 0.5) is 0 Å². The van der Waals surface area contributed by atoms with E-state index in [9.17, 15) is 0 Å². The summed E-state index contributed by atoms with van der Waals surface area (Å²) in [4.78, 5) is 0. The minimum atomic E-state index is 0.377. The number of fused-ring (bicyclic) bond motifs is 1. The third-order valence-corrected chi connectivity index (χ3v) is 4.92. The zero-order chi connectivity index (χ0) is 13.8. The van der Waals surface area contributed by atoms with Gasteiger partial charge in [0.05, 0.1) is 6.61 Å². The molecule has 2 aliphatic rings. The van der Waals surface area contributed by atoms with E-state index < -0.39 is 0 Å². The van der Waals surface area contributed by atoms with Crippen molar-refractivity contribution in [3.63, 3.8) is 0 Å². The molecule has 1 aliphatic carbocycles. The lowest BCUT2D eigenvalue weighted by Crippen LogP contribution is -2.25. The molecule has 2 N–H and O–H groups in total. The van der Waals surface area contributed by atoms with Crippen LogP contribution in [0.3, 0.4) is 0 Å². The molecule has 1 unspecified atom stereocenters. The molecular formula is C18H27NO. The molecule has 110 valence electrons. The van der Waals surface area contributed by atoms with E-state index in [1.54, 1.807) is 0 Å². The Kier molecular flexibility index (Phi) is 4.62. The monoisotopic (exact) mass is 273 g/mol. The van der Waals surface area contributed by atoms with Crippen molar-refractivity contribution in [2.45, 2.75) is 63.8 Å². The molecule has 20 heavy (non-hydrogen) atoms. The maximum atomic E-state index is 6.34. The number of hydrogen-bond acceptors (Lipinski definition) is 2. The maximum Gasteiger partial charge on any atom is 0.122 e. The Bertz CT molecular complexity index is 437. The Morgan fingerprint density at radius 1 is 1.20 bits per heavy atom. The third-order valence-electron chi connectivity index (χ3n) is 4.92. The summed E-state index contributed by atoms with van der Waals surface area (Å²) in [5.41, 5.74) is 9.14. The van der Waals surface area contributed by atoms with Crippen LogP contribution in [-0.4, -0.2) is 12.6 Å². The summed E-state index contributed by atoms with van der Waals surface area (Å²) < 4.78 is 5.55. The van der Waals surface area contributed by atoms with E-state index >= 15 is 0 Å². The fourth-order valence-corrected chi connectivity index (χ4v) is 3.72. The number of nitrogens with two attached hydrogens (primary N) is 1. The molecule has 3 rings (SSSR count). The summed E-state index contributed by atoms with van der Waals surface area (Å²) in [5, 5.41) is 0. The second kappa shape index (κ2) is 6.62. The Balaban J connectivity index is 1.46. The SMILES string of the molecule is NC(CCc1ccc2c(c1)CCO2)CC1CCCCC1. The normalized spacial score (nSPS) is 20.4. The molecule has 0 aromatic heterocycles. The zero-order valence-corrected chi connectivity index (χ0v) is 12.4. The van der Waals surface area contributed by atoms with Crippen molar-refractivity contribution in [2.24, 2.45) is 11.7 Å². The first kappa shape index (κ1) is 13.9. The number of aryl methyl sites for hydroxylation is 1. The highest BCUT2D eigenvalue weighted by Gasteiger charge is 2.17. The molecule has 1 aromatic rings. The van der Waals surface area contributed by atoms with Gasteiger partial charge in [0, 0.05) is 12.5 Å². The lowest BCUT2D eigenvalue weighted by Gasteiger charge is -2.24. The van der Waals surface area contributed by atoms with Gasteiger partial charge in [-0.3, -0.25) is 0 Å². The van der Waals surface area contributed by atoms with Crippen molar-refractivity contribution in [2.75, 3.05) is 6.61 Å². The first-order valence-corrected chi connectivity index (χ1v) is 8.31. The van der Waals surface area contributed by atoms with Crippen LogP contribution in [0.25, 0.3) is 0 Å². The Morgan fingerprint density at radius 3 is 2.90 bits per heavy atom. The van der Waals surface area contributed by atoms with Crippen LogP contribution < -0.4 is 10.5 Å². The van der Waals surface area contributed by atoms with E-state index in [1.165, 1.54) is 49.7 Å². The minimum Gasteiger partial charge on any atom is -0.493 e. The van der Waals surface area contributed by atoms with Crippen LogP contribution in [0.15, 0.2) is 18.2 Å². The first-order valence-electron chi connectivity index (χ1n) is 8.31. The van der Waals surface area contributed by atoms with Gasteiger partial charge in [0.15, 0.2) is 0 Å². The zero-order valence-electron chi connectivity index (χ0n) is 12.4. The van der Waals surface area contributed by atoms with Crippen molar-refractivity contribution in [3.8, 4) is 5.75 Å². The fraction of sp³-hybridized carbons (Fsp3) is 0.667. The van der Waals surface area contributed by atoms with Crippen LogP contribution in [-0.2, 0) is 12.8 Å². The summed E-state index contributed by atoms with van der Waals surface area (Å²) in [7, 11) is 0. The largest absolute Gasteiger partial charge is 0.493 e. The van der Waals surface area contributed by atoms with Crippen molar-refractivity contribution in [1.82, 2.24) is 0 Å². The molecule has 1 aliphatic heterocycles. The maximum absolute atomic E-state index is 6.34. The predicted molar refractivity (Wildman–Crippen MR) is 83.1 cm³/mol. The highest BCUT2D eigenvalue weighted by molar-refractivity contribution is 5.39. The standard InChI is InChI=1S/C18H27NO/c19-17(13-14-4-2-1-3-5-14)8-6-15-7-9-18-16(12-15)10-11-20-18/h7,9,12,14,17H,1-6,8,10-11,13,19H2. The molecule has 2 nitrogen and oxygen atoms in total. The number of ether oxygens (including phenoxy) is 1. The summed E-state index contributed by atoms with van der Waals surface area (Å²) in [6, 6.07) is 7.03.